The van der Waals surface area contributed by atoms with Gasteiger partial charge in [-0.05, 0) is 44.2 Å². The van der Waals surface area contributed by atoms with E-state index in [4.69, 9.17) is 27.8 Å². The van der Waals surface area contributed by atoms with E-state index in [-0.39, 0.29) is 32.3 Å². The highest BCUT2D eigenvalue weighted by molar-refractivity contribution is 7.86. The maximum atomic E-state index is 11.2. The zero-order chi connectivity index (χ0) is 22.2. The van der Waals surface area contributed by atoms with Crippen LogP contribution < -0.4 is 0 Å². The number of fused-ring (bicyclic) bond motifs is 2. The summed E-state index contributed by atoms with van der Waals surface area (Å²) in [6.45, 7) is 3.56. The molecule has 2 aromatic carbocycles. The number of halogens is 2. The molecule has 0 atom stereocenters. The maximum absolute atomic E-state index is 11.2. The van der Waals surface area contributed by atoms with Crippen LogP contribution in [0.2, 0.25) is 10.0 Å². The highest BCUT2D eigenvalue weighted by Gasteiger charge is 2.19. The molecule has 0 aliphatic rings. The third kappa shape index (κ3) is 4.41. The SMILES string of the molecule is Cc1ccc2c(S(=O)(=O)O)cc(Cl)c(O)c2n1.Cc1ccc2ccc(Cl)c(O)c2n1. The van der Waals surface area contributed by atoms with E-state index >= 15 is 0 Å². The molecule has 30 heavy (non-hydrogen) atoms. The fraction of sp³-hybridized carbons (Fsp3) is 0.100. The van der Waals surface area contributed by atoms with Crippen LogP contribution in [-0.4, -0.2) is 33.2 Å². The first-order valence-corrected chi connectivity index (χ1v) is 10.7. The molecule has 0 aliphatic heterocycles. The van der Waals surface area contributed by atoms with Gasteiger partial charge in [0, 0.05) is 22.2 Å². The number of aromatic nitrogens is 2. The van der Waals surface area contributed by atoms with Crippen LogP contribution in [0.3, 0.4) is 0 Å². The lowest BCUT2D eigenvalue weighted by atomic mass is 10.2. The van der Waals surface area contributed by atoms with Gasteiger partial charge in [-0.2, -0.15) is 8.42 Å². The van der Waals surface area contributed by atoms with Crippen LogP contribution in [0.5, 0.6) is 11.5 Å². The molecule has 2 heterocycles. The molecule has 0 aliphatic carbocycles. The van der Waals surface area contributed by atoms with Crippen LogP contribution in [0.25, 0.3) is 21.8 Å². The number of aryl methyl sites for hydroxylation is 2. The standard InChI is InChI=1S/C10H8ClNO4S.C10H8ClNO/c1-5-2-3-6-8(17(14,15)16)4-7(11)10(13)9(6)12-5;1-6-2-3-7-4-5-8(11)10(13)9(7)12-6/h2-4,13H,1H3,(H,14,15,16);2-5,13H,1H3. The third-order valence-electron chi connectivity index (χ3n) is 4.21. The van der Waals surface area contributed by atoms with E-state index in [1.807, 2.05) is 25.1 Å². The molecule has 10 heteroatoms. The van der Waals surface area contributed by atoms with Gasteiger partial charge in [0.1, 0.15) is 15.9 Å². The van der Waals surface area contributed by atoms with Gasteiger partial charge in [-0.1, -0.05) is 35.3 Å². The van der Waals surface area contributed by atoms with Gasteiger partial charge in [0.25, 0.3) is 10.1 Å². The van der Waals surface area contributed by atoms with Crippen molar-refractivity contribution in [3.8, 4) is 11.5 Å². The molecule has 0 saturated carbocycles. The first-order valence-electron chi connectivity index (χ1n) is 8.50. The molecule has 4 aromatic rings. The predicted molar refractivity (Wildman–Crippen MR) is 116 cm³/mol. The van der Waals surface area contributed by atoms with E-state index in [1.54, 1.807) is 19.1 Å². The second kappa shape index (κ2) is 8.23. The summed E-state index contributed by atoms with van der Waals surface area (Å²) in [6.07, 6.45) is 0. The fourth-order valence-corrected chi connectivity index (χ4v) is 3.90. The number of hydrogen-bond acceptors (Lipinski definition) is 6. The highest BCUT2D eigenvalue weighted by Crippen LogP contribution is 2.35. The van der Waals surface area contributed by atoms with Crippen LogP contribution in [0.15, 0.2) is 47.4 Å². The molecule has 2 aromatic heterocycles. The molecule has 0 unspecified atom stereocenters. The number of hydrogen-bond donors (Lipinski definition) is 3. The summed E-state index contributed by atoms with van der Waals surface area (Å²) in [5.41, 5.74) is 2.07. The van der Waals surface area contributed by atoms with E-state index in [9.17, 15) is 18.6 Å². The Kier molecular flexibility index (Phi) is 6.05. The molecule has 0 bridgehead atoms. The molecule has 156 valence electrons. The molecule has 7 nitrogen and oxygen atoms in total. The van der Waals surface area contributed by atoms with Gasteiger partial charge in [0.05, 0.1) is 10.0 Å². The Labute approximate surface area is 182 Å². The van der Waals surface area contributed by atoms with E-state index < -0.39 is 10.1 Å². The van der Waals surface area contributed by atoms with E-state index in [0.717, 1.165) is 17.1 Å². The fourth-order valence-electron chi connectivity index (χ4n) is 2.77. The van der Waals surface area contributed by atoms with Gasteiger partial charge < -0.3 is 10.2 Å². The largest absolute Gasteiger partial charge is 0.504 e. The zero-order valence-corrected chi connectivity index (χ0v) is 18.1. The lowest BCUT2D eigenvalue weighted by Gasteiger charge is -2.07. The summed E-state index contributed by atoms with van der Waals surface area (Å²) in [7, 11) is -4.42. The molecule has 3 N–H and O–H groups in total. The average molecular weight is 467 g/mol. The van der Waals surface area contributed by atoms with Gasteiger partial charge in [-0.25, -0.2) is 9.97 Å². The summed E-state index contributed by atoms with van der Waals surface area (Å²) in [5, 5.41) is 20.5. The Bertz CT molecular complexity index is 1390. The lowest BCUT2D eigenvalue weighted by Crippen LogP contribution is -2.00. The van der Waals surface area contributed by atoms with E-state index in [2.05, 4.69) is 9.97 Å². The Hall–Kier alpha value is -2.65. The minimum Gasteiger partial charge on any atom is -0.504 e. The van der Waals surface area contributed by atoms with Crippen LogP contribution in [0.1, 0.15) is 11.4 Å². The summed E-state index contributed by atoms with van der Waals surface area (Å²) < 4.78 is 31.4. The topological polar surface area (TPSA) is 121 Å². The van der Waals surface area contributed by atoms with Gasteiger partial charge >= 0.3 is 0 Å². The minimum absolute atomic E-state index is 0.0464. The van der Waals surface area contributed by atoms with Crippen molar-refractivity contribution >= 4 is 55.1 Å². The Morgan fingerprint density at radius 2 is 1.33 bits per heavy atom. The van der Waals surface area contributed by atoms with Crippen molar-refractivity contribution in [2.24, 2.45) is 0 Å². The Morgan fingerprint density at radius 1 is 0.800 bits per heavy atom. The minimum atomic E-state index is -4.42. The summed E-state index contributed by atoms with van der Waals surface area (Å²) >= 11 is 11.4. The summed E-state index contributed by atoms with van der Waals surface area (Å²) in [4.78, 5) is 7.83. The molecular formula is C20H16Cl2N2O5S. The second-order valence-electron chi connectivity index (χ2n) is 6.45. The summed E-state index contributed by atoms with van der Waals surface area (Å²) in [5.74, 6) is -0.249. The Balaban J connectivity index is 0.000000177. The van der Waals surface area contributed by atoms with Crippen molar-refractivity contribution in [1.29, 1.82) is 0 Å². The van der Waals surface area contributed by atoms with Gasteiger partial charge in [0.2, 0.25) is 0 Å². The highest BCUT2D eigenvalue weighted by atomic mass is 35.5. The number of rotatable bonds is 1. The van der Waals surface area contributed by atoms with Gasteiger partial charge in [-0.3, -0.25) is 4.55 Å². The molecule has 0 radical (unpaired) electrons. The number of aromatic hydroxyl groups is 2. The normalized spacial score (nSPS) is 11.4. The molecular weight excluding hydrogens is 451 g/mol. The number of nitrogens with zero attached hydrogens (tertiary/aromatic N) is 2. The van der Waals surface area contributed by atoms with Crippen molar-refractivity contribution in [2.75, 3.05) is 0 Å². The lowest BCUT2D eigenvalue weighted by molar-refractivity contribution is 0.477. The number of phenols is 2. The van der Waals surface area contributed by atoms with Crippen molar-refractivity contribution < 1.29 is 23.2 Å². The van der Waals surface area contributed by atoms with E-state index in [1.165, 1.54) is 6.07 Å². The third-order valence-corrected chi connectivity index (χ3v) is 5.70. The first-order chi connectivity index (χ1) is 14.0. The van der Waals surface area contributed by atoms with Gasteiger partial charge in [0.15, 0.2) is 11.5 Å². The average Bonchev–Trinajstić information content (AvgIpc) is 2.68. The zero-order valence-electron chi connectivity index (χ0n) is 15.8. The van der Waals surface area contributed by atoms with Crippen molar-refractivity contribution in [1.82, 2.24) is 9.97 Å². The van der Waals surface area contributed by atoms with Crippen LogP contribution in [-0.2, 0) is 10.1 Å². The van der Waals surface area contributed by atoms with Crippen molar-refractivity contribution in [2.45, 2.75) is 18.7 Å². The molecule has 0 amide bonds. The van der Waals surface area contributed by atoms with Crippen LogP contribution in [0, 0.1) is 13.8 Å². The number of phenolic OH excluding ortho intramolecular Hbond substituents is 2. The Morgan fingerprint density at radius 3 is 1.97 bits per heavy atom. The van der Waals surface area contributed by atoms with Crippen molar-refractivity contribution in [3.63, 3.8) is 0 Å². The molecule has 0 saturated heterocycles. The first kappa shape index (κ1) is 22.0. The summed E-state index contributed by atoms with van der Waals surface area (Å²) in [6, 6.07) is 11.3. The van der Waals surface area contributed by atoms with Crippen LogP contribution in [0.4, 0.5) is 0 Å². The van der Waals surface area contributed by atoms with Gasteiger partial charge in [-0.15, -0.1) is 0 Å². The van der Waals surface area contributed by atoms with Crippen molar-refractivity contribution in [3.05, 3.63) is 63.9 Å². The smallest absolute Gasteiger partial charge is 0.295 e. The number of benzene rings is 2. The van der Waals surface area contributed by atoms with Crippen LogP contribution >= 0.6 is 23.2 Å². The molecule has 0 fully saturated rings. The second-order valence-corrected chi connectivity index (χ2v) is 8.65. The van der Waals surface area contributed by atoms with E-state index in [0.29, 0.717) is 16.2 Å². The maximum Gasteiger partial charge on any atom is 0.295 e. The molecule has 0 spiro atoms. The predicted octanol–water partition coefficient (Wildman–Crippen LogP) is 5.05. The molecule has 4 rings (SSSR count). The monoisotopic (exact) mass is 466 g/mol. The number of pyridine rings is 2. The quantitative estimate of drug-likeness (QED) is 0.335.